The summed E-state index contributed by atoms with van der Waals surface area (Å²) in [5.41, 5.74) is 0.605. The van der Waals surface area contributed by atoms with Gasteiger partial charge >= 0.3 is 0 Å². The van der Waals surface area contributed by atoms with Crippen LogP contribution in [-0.4, -0.2) is 36.3 Å². The van der Waals surface area contributed by atoms with Gasteiger partial charge in [-0.1, -0.05) is 26.7 Å². The van der Waals surface area contributed by atoms with E-state index in [-0.39, 0.29) is 11.8 Å². The van der Waals surface area contributed by atoms with E-state index in [2.05, 4.69) is 12.2 Å². The number of carbonyl (C=O) groups is 2. The molecule has 0 saturated heterocycles. The Kier molecular flexibility index (Phi) is 8.45. The van der Waals surface area contributed by atoms with Gasteiger partial charge < -0.3 is 14.6 Å². The highest BCUT2D eigenvalue weighted by molar-refractivity contribution is 5.95. The lowest BCUT2D eigenvalue weighted by Crippen LogP contribution is -2.36. The number of aryl methyl sites for hydroxylation is 2. The second-order valence-electron chi connectivity index (χ2n) is 5.93. The lowest BCUT2D eigenvalue weighted by molar-refractivity contribution is -0.121. The average molecular weight is 322 g/mol. The molecule has 0 saturated carbocycles. The Morgan fingerprint density at radius 2 is 1.87 bits per heavy atom. The van der Waals surface area contributed by atoms with Gasteiger partial charge in [0, 0.05) is 26.1 Å². The summed E-state index contributed by atoms with van der Waals surface area (Å²) in [4.78, 5) is 26.3. The van der Waals surface area contributed by atoms with E-state index >= 15 is 0 Å². The maximum atomic E-state index is 12.7. The second-order valence-corrected chi connectivity index (χ2v) is 5.93. The van der Waals surface area contributed by atoms with Crippen LogP contribution in [0.1, 0.15) is 67.8 Å². The smallest absolute Gasteiger partial charge is 0.257 e. The number of furan rings is 1. The van der Waals surface area contributed by atoms with Crippen molar-refractivity contribution in [2.24, 2.45) is 0 Å². The first-order chi connectivity index (χ1) is 11.0. The Bertz CT molecular complexity index is 508. The van der Waals surface area contributed by atoms with Crippen LogP contribution in [0.4, 0.5) is 0 Å². The highest BCUT2D eigenvalue weighted by atomic mass is 16.3. The Labute approximate surface area is 139 Å². The lowest BCUT2D eigenvalue weighted by Gasteiger charge is -2.22. The number of carbonyl (C=O) groups excluding carboxylic acids is 2. The van der Waals surface area contributed by atoms with Crippen molar-refractivity contribution in [3.8, 4) is 0 Å². The number of rotatable bonds is 10. The highest BCUT2D eigenvalue weighted by Crippen LogP contribution is 2.17. The minimum Gasteiger partial charge on any atom is -0.466 e. The van der Waals surface area contributed by atoms with Gasteiger partial charge in [0.1, 0.15) is 11.5 Å². The Morgan fingerprint density at radius 1 is 1.13 bits per heavy atom. The van der Waals surface area contributed by atoms with E-state index in [1.54, 1.807) is 17.9 Å². The van der Waals surface area contributed by atoms with Crippen molar-refractivity contribution in [2.45, 2.75) is 59.8 Å². The fourth-order valence-corrected chi connectivity index (χ4v) is 2.47. The van der Waals surface area contributed by atoms with Crippen LogP contribution in [0.25, 0.3) is 0 Å². The SMILES string of the molecule is CCCCCN(CCC(=O)NCCC)C(=O)c1cc(C)oc1C. The summed E-state index contributed by atoms with van der Waals surface area (Å²) in [6.07, 6.45) is 4.39. The standard InChI is InChI=1S/C18H30N2O3/c1-5-7-8-11-20(12-9-17(21)19-10-6-2)18(22)16-13-14(3)23-15(16)4/h13H,5-12H2,1-4H3,(H,19,21). The number of hydrogen-bond donors (Lipinski definition) is 1. The third-order valence-electron chi connectivity index (χ3n) is 3.77. The molecule has 1 aromatic rings. The van der Waals surface area contributed by atoms with E-state index < -0.39 is 0 Å². The topological polar surface area (TPSA) is 62.6 Å². The summed E-state index contributed by atoms with van der Waals surface area (Å²) in [6.45, 7) is 9.60. The highest BCUT2D eigenvalue weighted by Gasteiger charge is 2.20. The van der Waals surface area contributed by atoms with Gasteiger partial charge in [-0.15, -0.1) is 0 Å². The molecule has 0 aliphatic rings. The molecule has 1 N–H and O–H groups in total. The first-order valence-corrected chi connectivity index (χ1v) is 8.62. The number of amides is 2. The summed E-state index contributed by atoms with van der Waals surface area (Å²) in [6, 6.07) is 1.78. The van der Waals surface area contributed by atoms with Crippen LogP contribution in [0.5, 0.6) is 0 Å². The van der Waals surface area contributed by atoms with Crippen molar-refractivity contribution in [2.75, 3.05) is 19.6 Å². The first-order valence-electron chi connectivity index (χ1n) is 8.62. The molecule has 23 heavy (non-hydrogen) atoms. The molecule has 0 aliphatic heterocycles. The molecule has 1 heterocycles. The van der Waals surface area contributed by atoms with Gasteiger partial charge in [0.2, 0.25) is 5.91 Å². The third kappa shape index (κ3) is 6.47. The Balaban J connectivity index is 2.69. The zero-order valence-corrected chi connectivity index (χ0v) is 14.9. The molecule has 0 bridgehead atoms. The molecule has 0 atom stereocenters. The van der Waals surface area contributed by atoms with Gasteiger partial charge in [-0.3, -0.25) is 9.59 Å². The van der Waals surface area contributed by atoms with Crippen LogP contribution in [0, 0.1) is 13.8 Å². The normalized spacial score (nSPS) is 10.6. The Morgan fingerprint density at radius 3 is 2.43 bits per heavy atom. The predicted molar refractivity (Wildman–Crippen MR) is 91.5 cm³/mol. The largest absolute Gasteiger partial charge is 0.466 e. The van der Waals surface area contributed by atoms with Gasteiger partial charge in [-0.2, -0.15) is 0 Å². The zero-order valence-electron chi connectivity index (χ0n) is 14.9. The fraction of sp³-hybridized carbons (Fsp3) is 0.667. The summed E-state index contributed by atoms with van der Waals surface area (Å²) < 4.78 is 5.46. The van der Waals surface area contributed by atoms with Crippen molar-refractivity contribution in [1.29, 1.82) is 0 Å². The van der Waals surface area contributed by atoms with Crippen molar-refractivity contribution in [1.82, 2.24) is 10.2 Å². The first kappa shape index (κ1) is 19.3. The van der Waals surface area contributed by atoms with Crippen LogP contribution in [0.2, 0.25) is 0 Å². The molecule has 0 spiro atoms. The number of unbranched alkanes of at least 4 members (excludes halogenated alkanes) is 2. The molecule has 0 fully saturated rings. The van der Waals surface area contributed by atoms with Crippen LogP contribution in [0.15, 0.2) is 10.5 Å². The third-order valence-corrected chi connectivity index (χ3v) is 3.77. The van der Waals surface area contributed by atoms with Gasteiger partial charge in [0.25, 0.3) is 5.91 Å². The Hall–Kier alpha value is -1.78. The number of nitrogens with one attached hydrogen (secondary N) is 1. The number of nitrogens with zero attached hydrogens (tertiary/aromatic N) is 1. The molecule has 5 nitrogen and oxygen atoms in total. The quantitative estimate of drug-likeness (QED) is 0.671. The fourth-order valence-electron chi connectivity index (χ4n) is 2.47. The second kappa shape index (κ2) is 10.1. The van der Waals surface area contributed by atoms with Gasteiger partial charge in [0.05, 0.1) is 5.56 Å². The molecule has 0 radical (unpaired) electrons. The molecule has 0 unspecified atom stereocenters. The predicted octanol–water partition coefficient (Wildman–Crippen LogP) is 3.45. The van der Waals surface area contributed by atoms with Gasteiger partial charge in [0.15, 0.2) is 0 Å². The van der Waals surface area contributed by atoms with E-state index in [1.807, 2.05) is 13.8 Å². The minimum absolute atomic E-state index is 0.000220. The molecular formula is C18H30N2O3. The molecule has 130 valence electrons. The average Bonchev–Trinajstić information content (AvgIpc) is 2.86. The van der Waals surface area contributed by atoms with E-state index in [9.17, 15) is 9.59 Å². The maximum absolute atomic E-state index is 12.7. The zero-order chi connectivity index (χ0) is 17.2. The summed E-state index contributed by atoms with van der Waals surface area (Å²) >= 11 is 0. The van der Waals surface area contributed by atoms with Crippen molar-refractivity contribution < 1.29 is 14.0 Å². The minimum atomic E-state index is -0.0428. The molecule has 5 heteroatoms. The van der Waals surface area contributed by atoms with Crippen LogP contribution in [0.3, 0.4) is 0 Å². The van der Waals surface area contributed by atoms with Crippen LogP contribution in [-0.2, 0) is 4.79 Å². The van der Waals surface area contributed by atoms with Crippen LogP contribution < -0.4 is 5.32 Å². The molecule has 0 aromatic carbocycles. The van der Waals surface area contributed by atoms with E-state index in [0.717, 1.165) is 31.4 Å². The van der Waals surface area contributed by atoms with E-state index in [0.29, 0.717) is 37.4 Å². The van der Waals surface area contributed by atoms with Gasteiger partial charge in [-0.25, -0.2) is 0 Å². The van der Waals surface area contributed by atoms with Gasteiger partial charge in [-0.05, 0) is 32.8 Å². The van der Waals surface area contributed by atoms with Crippen molar-refractivity contribution in [3.63, 3.8) is 0 Å². The van der Waals surface area contributed by atoms with Crippen LogP contribution >= 0.6 is 0 Å². The maximum Gasteiger partial charge on any atom is 0.257 e. The lowest BCUT2D eigenvalue weighted by atomic mass is 10.2. The molecular weight excluding hydrogens is 292 g/mol. The number of hydrogen-bond acceptors (Lipinski definition) is 3. The molecule has 1 aromatic heterocycles. The summed E-state index contributed by atoms with van der Waals surface area (Å²) in [5, 5.41) is 2.85. The van der Waals surface area contributed by atoms with Crippen molar-refractivity contribution >= 4 is 11.8 Å². The molecule has 0 aliphatic carbocycles. The molecule has 1 rings (SSSR count). The summed E-state index contributed by atoms with van der Waals surface area (Å²) in [5.74, 6) is 1.34. The van der Waals surface area contributed by atoms with E-state index in [1.165, 1.54) is 0 Å². The molecule has 2 amide bonds. The summed E-state index contributed by atoms with van der Waals surface area (Å²) in [7, 11) is 0. The van der Waals surface area contributed by atoms with E-state index in [4.69, 9.17) is 4.42 Å². The van der Waals surface area contributed by atoms with Crippen molar-refractivity contribution in [3.05, 3.63) is 23.2 Å². The monoisotopic (exact) mass is 322 g/mol.